The number of aromatic hydroxyl groups is 1. The average molecular weight is 422 g/mol. The second-order valence-electron chi connectivity index (χ2n) is 4.91. The third-order valence-corrected chi connectivity index (χ3v) is 5.20. The number of aromatic carboxylic acids is 1. The molecule has 0 aliphatic rings. The predicted octanol–water partition coefficient (Wildman–Crippen LogP) is 3.22. The van der Waals surface area contributed by atoms with E-state index in [2.05, 4.69) is 4.72 Å². The number of carbonyl (C=O) groups is 1. The molecule has 8 nitrogen and oxygen atoms in total. The fraction of sp³-hybridized carbons (Fsp3) is 0.133. The lowest BCUT2D eigenvalue weighted by atomic mass is 10.2. The van der Waals surface area contributed by atoms with Crippen molar-refractivity contribution in [2.45, 2.75) is 4.90 Å². The molecule has 0 amide bonds. The van der Waals surface area contributed by atoms with Gasteiger partial charge in [0.25, 0.3) is 10.0 Å². The Morgan fingerprint density at radius 2 is 1.65 bits per heavy atom. The van der Waals surface area contributed by atoms with Crippen molar-refractivity contribution in [3.8, 4) is 17.2 Å². The Labute approximate surface area is 158 Å². The van der Waals surface area contributed by atoms with Gasteiger partial charge in [-0.3, -0.25) is 4.72 Å². The number of hydrogen-bond donors (Lipinski definition) is 3. The topological polar surface area (TPSA) is 122 Å². The monoisotopic (exact) mass is 421 g/mol. The quantitative estimate of drug-likeness (QED) is 0.611. The van der Waals surface area contributed by atoms with Gasteiger partial charge in [0.15, 0.2) is 17.2 Å². The van der Waals surface area contributed by atoms with Gasteiger partial charge in [-0.1, -0.05) is 23.2 Å². The molecule has 0 bridgehead atoms. The fourth-order valence-corrected chi connectivity index (χ4v) is 3.66. The first-order valence-electron chi connectivity index (χ1n) is 6.81. The van der Waals surface area contributed by atoms with Gasteiger partial charge in [0.05, 0.1) is 34.8 Å². The Morgan fingerprint density at radius 3 is 2.12 bits per heavy atom. The van der Waals surface area contributed by atoms with Crippen LogP contribution in [0.25, 0.3) is 0 Å². The summed E-state index contributed by atoms with van der Waals surface area (Å²) in [6.45, 7) is 0. The van der Waals surface area contributed by atoms with E-state index in [9.17, 15) is 23.4 Å². The molecule has 0 unspecified atom stereocenters. The van der Waals surface area contributed by atoms with Gasteiger partial charge < -0.3 is 19.7 Å². The number of phenolic OH excluding ortho intramolecular Hbond substituents is 1. The van der Waals surface area contributed by atoms with Gasteiger partial charge in [-0.25, -0.2) is 13.2 Å². The summed E-state index contributed by atoms with van der Waals surface area (Å²) in [6.07, 6.45) is 0. The molecule has 0 fully saturated rings. The fourth-order valence-electron chi connectivity index (χ4n) is 2.09. The molecule has 0 spiro atoms. The van der Waals surface area contributed by atoms with E-state index in [-0.39, 0.29) is 32.1 Å². The summed E-state index contributed by atoms with van der Waals surface area (Å²) in [6, 6.07) is 4.34. The van der Waals surface area contributed by atoms with E-state index in [0.29, 0.717) is 0 Å². The summed E-state index contributed by atoms with van der Waals surface area (Å²) in [4.78, 5) is 11.0. The minimum absolute atomic E-state index is 0.0236. The second kappa shape index (κ2) is 7.48. The highest BCUT2D eigenvalue weighted by Gasteiger charge is 2.24. The van der Waals surface area contributed by atoms with Crippen molar-refractivity contribution in [1.82, 2.24) is 0 Å². The van der Waals surface area contributed by atoms with Crippen molar-refractivity contribution in [1.29, 1.82) is 0 Å². The van der Waals surface area contributed by atoms with Crippen LogP contribution < -0.4 is 14.2 Å². The predicted molar refractivity (Wildman–Crippen MR) is 95.4 cm³/mol. The van der Waals surface area contributed by atoms with Gasteiger partial charge in [-0.2, -0.15) is 0 Å². The van der Waals surface area contributed by atoms with Crippen LogP contribution in [0.4, 0.5) is 5.69 Å². The first-order valence-corrected chi connectivity index (χ1v) is 9.04. The molecule has 2 aromatic rings. The molecule has 3 N–H and O–H groups in total. The molecule has 0 radical (unpaired) electrons. The van der Waals surface area contributed by atoms with Gasteiger partial charge in [0, 0.05) is 6.07 Å². The largest absolute Gasteiger partial charge is 0.505 e. The van der Waals surface area contributed by atoms with Crippen LogP contribution in [-0.4, -0.2) is 38.8 Å². The minimum atomic E-state index is -4.22. The van der Waals surface area contributed by atoms with Gasteiger partial charge in [0.2, 0.25) is 0 Å². The number of sulfonamides is 1. The molecule has 0 saturated heterocycles. The molecule has 0 saturated carbocycles. The molecule has 2 rings (SSSR count). The Hall–Kier alpha value is -2.36. The lowest BCUT2D eigenvalue weighted by Gasteiger charge is -2.14. The van der Waals surface area contributed by atoms with Crippen molar-refractivity contribution in [3.05, 3.63) is 39.9 Å². The Morgan fingerprint density at radius 1 is 1.08 bits per heavy atom. The number of carboxylic acids is 1. The average Bonchev–Trinajstić information content (AvgIpc) is 2.57. The van der Waals surface area contributed by atoms with Crippen LogP contribution in [0.1, 0.15) is 10.4 Å². The highest BCUT2D eigenvalue weighted by molar-refractivity contribution is 7.92. The zero-order chi connectivity index (χ0) is 19.6. The third kappa shape index (κ3) is 3.90. The van der Waals surface area contributed by atoms with Gasteiger partial charge >= 0.3 is 5.97 Å². The molecule has 0 aliphatic carbocycles. The number of hydrogen-bond acceptors (Lipinski definition) is 6. The molecule has 2 aromatic carbocycles. The maximum atomic E-state index is 12.6. The summed E-state index contributed by atoms with van der Waals surface area (Å²) in [5, 5.41) is 18.5. The molecular formula is C15H13Cl2NO7S. The summed E-state index contributed by atoms with van der Waals surface area (Å²) >= 11 is 11.5. The smallest absolute Gasteiger partial charge is 0.339 e. The number of halogens is 2. The molecule has 0 heterocycles. The number of anilines is 1. The summed E-state index contributed by atoms with van der Waals surface area (Å²) in [5.41, 5.74) is -0.418. The van der Waals surface area contributed by atoms with Gasteiger partial charge in [-0.15, -0.1) is 0 Å². The van der Waals surface area contributed by atoms with Crippen LogP contribution in [0.3, 0.4) is 0 Å². The molecule has 0 atom stereocenters. The molecule has 0 aliphatic heterocycles. The summed E-state index contributed by atoms with van der Waals surface area (Å²) in [5.74, 6) is -1.98. The van der Waals surface area contributed by atoms with E-state index in [1.807, 2.05) is 0 Å². The maximum Gasteiger partial charge on any atom is 0.339 e. The lowest BCUT2D eigenvalue weighted by Crippen LogP contribution is -2.15. The van der Waals surface area contributed by atoms with Crippen molar-refractivity contribution in [2.75, 3.05) is 18.9 Å². The summed E-state index contributed by atoms with van der Waals surface area (Å²) < 4.78 is 37.4. The van der Waals surface area contributed by atoms with Crippen LogP contribution in [0.2, 0.25) is 10.0 Å². The van der Waals surface area contributed by atoms with Crippen LogP contribution in [0, 0.1) is 0 Å². The first kappa shape index (κ1) is 20.0. The van der Waals surface area contributed by atoms with E-state index in [0.717, 1.165) is 24.3 Å². The minimum Gasteiger partial charge on any atom is -0.505 e. The van der Waals surface area contributed by atoms with Crippen LogP contribution in [0.5, 0.6) is 17.2 Å². The molecule has 26 heavy (non-hydrogen) atoms. The van der Waals surface area contributed by atoms with E-state index >= 15 is 0 Å². The van der Waals surface area contributed by atoms with Crippen molar-refractivity contribution in [3.63, 3.8) is 0 Å². The molecule has 0 aromatic heterocycles. The van der Waals surface area contributed by atoms with Gasteiger partial charge in [-0.05, 0) is 18.2 Å². The first-order chi connectivity index (χ1) is 12.1. The van der Waals surface area contributed by atoms with Gasteiger partial charge in [0.1, 0.15) is 5.56 Å². The van der Waals surface area contributed by atoms with Crippen LogP contribution >= 0.6 is 23.2 Å². The van der Waals surface area contributed by atoms with E-state index in [1.54, 1.807) is 0 Å². The van der Waals surface area contributed by atoms with Crippen LogP contribution in [-0.2, 0) is 10.0 Å². The molecule has 140 valence electrons. The Kier molecular flexibility index (Phi) is 5.74. The van der Waals surface area contributed by atoms with Crippen LogP contribution in [0.15, 0.2) is 29.2 Å². The molecule has 11 heteroatoms. The second-order valence-corrected chi connectivity index (χ2v) is 7.40. The number of benzene rings is 2. The Balaban J connectivity index is 2.56. The van der Waals surface area contributed by atoms with E-state index < -0.39 is 27.3 Å². The Bertz CT molecular complexity index is 953. The third-order valence-electron chi connectivity index (χ3n) is 3.26. The SMILES string of the molecule is COc1cc(S(=O)(=O)Nc2cc(Cl)c(O)c(Cl)c2)cc(C(=O)O)c1OC. The van der Waals surface area contributed by atoms with E-state index in [1.165, 1.54) is 14.2 Å². The maximum absolute atomic E-state index is 12.6. The highest BCUT2D eigenvalue weighted by Crippen LogP contribution is 2.37. The number of methoxy groups -OCH3 is 2. The number of carboxylic acid groups (broad SMARTS) is 1. The van der Waals surface area contributed by atoms with Crippen molar-refractivity contribution in [2.24, 2.45) is 0 Å². The van der Waals surface area contributed by atoms with E-state index in [4.69, 9.17) is 32.7 Å². The normalized spacial score (nSPS) is 11.1. The number of phenols is 1. The zero-order valence-electron chi connectivity index (χ0n) is 13.4. The van der Waals surface area contributed by atoms with Crippen molar-refractivity contribution >= 4 is 44.9 Å². The summed E-state index contributed by atoms with van der Waals surface area (Å²) in [7, 11) is -1.74. The molecular weight excluding hydrogens is 409 g/mol. The standard InChI is InChI=1S/C15H13Cl2NO7S/c1-24-12-6-8(5-9(15(20)21)14(12)25-2)26(22,23)18-7-3-10(16)13(19)11(17)4-7/h3-6,18-19H,1-2H3,(H,20,21). The number of ether oxygens (including phenoxy) is 2. The number of nitrogens with one attached hydrogen (secondary N) is 1. The highest BCUT2D eigenvalue weighted by atomic mass is 35.5. The van der Waals surface area contributed by atoms with Crippen molar-refractivity contribution < 1.29 is 32.9 Å². The number of rotatable bonds is 6. The lowest BCUT2D eigenvalue weighted by molar-refractivity contribution is 0.0692. The zero-order valence-corrected chi connectivity index (χ0v) is 15.7.